The molecule has 0 spiro atoms. The van der Waals surface area contributed by atoms with Crippen LogP contribution in [0.15, 0.2) is 35.2 Å². The number of hydrogen-bond acceptors (Lipinski definition) is 4. The summed E-state index contributed by atoms with van der Waals surface area (Å²) in [4.78, 5) is 17.2. The number of piperidine rings is 1. The van der Waals surface area contributed by atoms with E-state index in [9.17, 15) is 13.2 Å². The highest BCUT2D eigenvalue weighted by atomic mass is 32.2. The lowest BCUT2D eigenvalue weighted by Gasteiger charge is -2.39. The second-order valence-electron chi connectivity index (χ2n) is 6.57. The molecule has 0 aliphatic carbocycles. The van der Waals surface area contributed by atoms with E-state index in [2.05, 4.69) is 4.90 Å². The van der Waals surface area contributed by atoms with Gasteiger partial charge in [0.15, 0.2) is 0 Å². The van der Waals surface area contributed by atoms with Gasteiger partial charge in [-0.25, -0.2) is 8.42 Å². The van der Waals surface area contributed by atoms with Gasteiger partial charge in [0.25, 0.3) is 0 Å². The number of amides is 1. The Morgan fingerprint density at radius 3 is 2.33 bits per heavy atom. The van der Waals surface area contributed by atoms with Crippen LogP contribution in [0.1, 0.15) is 19.3 Å². The van der Waals surface area contributed by atoms with Gasteiger partial charge in [0.05, 0.1) is 4.90 Å². The van der Waals surface area contributed by atoms with Crippen LogP contribution in [0.5, 0.6) is 0 Å². The second kappa shape index (κ2) is 7.21. The Bertz CT molecular complexity index is 670. The molecule has 24 heavy (non-hydrogen) atoms. The number of hydrogen-bond donors (Lipinski definition) is 0. The molecule has 1 atom stereocenters. The summed E-state index contributed by atoms with van der Waals surface area (Å²) in [6.45, 7) is 3.44. The van der Waals surface area contributed by atoms with E-state index in [4.69, 9.17) is 0 Å². The molecule has 3 rings (SSSR count). The molecule has 132 valence electrons. The SMILES string of the molecule is CN1CCN(C(=O)C2CCCCN2S(=O)(=O)c2ccccc2)CC1. The predicted octanol–water partition coefficient (Wildman–Crippen LogP) is 1.00. The summed E-state index contributed by atoms with van der Waals surface area (Å²) in [7, 11) is -1.59. The first-order valence-corrected chi connectivity index (χ1v) is 9.98. The number of rotatable bonds is 3. The lowest BCUT2D eigenvalue weighted by molar-refractivity contribution is -0.137. The van der Waals surface area contributed by atoms with Crippen molar-refractivity contribution in [2.24, 2.45) is 0 Å². The van der Waals surface area contributed by atoms with Gasteiger partial charge in [-0.2, -0.15) is 4.31 Å². The third-order valence-corrected chi connectivity index (χ3v) is 6.83. The maximum atomic E-state index is 13.0. The first kappa shape index (κ1) is 17.4. The van der Waals surface area contributed by atoms with Gasteiger partial charge in [0.2, 0.25) is 15.9 Å². The minimum absolute atomic E-state index is 0.0395. The fourth-order valence-corrected chi connectivity index (χ4v) is 5.08. The lowest BCUT2D eigenvalue weighted by atomic mass is 10.0. The Balaban J connectivity index is 1.82. The first-order chi connectivity index (χ1) is 11.5. The lowest BCUT2D eigenvalue weighted by Crippen LogP contribution is -2.56. The molecule has 2 heterocycles. The van der Waals surface area contributed by atoms with Crippen LogP contribution in [0.2, 0.25) is 0 Å². The number of benzene rings is 1. The normalized spacial score (nSPS) is 24.0. The van der Waals surface area contributed by atoms with Crippen molar-refractivity contribution in [3.8, 4) is 0 Å². The van der Waals surface area contributed by atoms with Crippen molar-refractivity contribution in [2.75, 3.05) is 39.8 Å². The van der Waals surface area contributed by atoms with Crippen LogP contribution < -0.4 is 0 Å². The van der Waals surface area contributed by atoms with Gasteiger partial charge in [-0.05, 0) is 32.0 Å². The summed E-state index contributed by atoms with van der Waals surface area (Å²) < 4.78 is 27.4. The Labute approximate surface area is 144 Å². The van der Waals surface area contributed by atoms with Crippen LogP contribution in [-0.4, -0.2) is 74.2 Å². The molecule has 1 aromatic rings. The minimum Gasteiger partial charge on any atom is -0.339 e. The van der Waals surface area contributed by atoms with Gasteiger partial charge in [-0.3, -0.25) is 4.79 Å². The predicted molar refractivity (Wildman–Crippen MR) is 92.0 cm³/mol. The summed E-state index contributed by atoms with van der Waals surface area (Å²) in [5.74, 6) is -0.0395. The molecule has 0 saturated carbocycles. The van der Waals surface area contributed by atoms with E-state index in [0.717, 1.165) is 25.9 Å². The van der Waals surface area contributed by atoms with Gasteiger partial charge in [-0.15, -0.1) is 0 Å². The van der Waals surface area contributed by atoms with Crippen LogP contribution in [0, 0.1) is 0 Å². The van der Waals surface area contributed by atoms with Crippen molar-refractivity contribution in [1.29, 1.82) is 0 Å². The van der Waals surface area contributed by atoms with E-state index in [1.54, 1.807) is 30.3 Å². The van der Waals surface area contributed by atoms with E-state index in [1.165, 1.54) is 4.31 Å². The average Bonchev–Trinajstić information content (AvgIpc) is 2.62. The van der Waals surface area contributed by atoms with Gasteiger partial charge in [0, 0.05) is 32.7 Å². The van der Waals surface area contributed by atoms with Gasteiger partial charge >= 0.3 is 0 Å². The quantitative estimate of drug-likeness (QED) is 0.815. The fourth-order valence-electron chi connectivity index (χ4n) is 3.40. The van der Waals surface area contributed by atoms with Crippen LogP contribution in [0.25, 0.3) is 0 Å². The molecule has 0 N–H and O–H groups in total. The number of piperazine rings is 1. The molecular weight excluding hydrogens is 326 g/mol. The molecule has 2 aliphatic heterocycles. The van der Waals surface area contributed by atoms with Crippen molar-refractivity contribution in [1.82, 2.24) is 14.1 Å². The molecule has 0 radical (unpaired) electrons. The van der Waals surface area contributed by atoms with E-state index in [0.29, 0.717) is 26.1 Å². The van der Waals surface area contributed by atoms with Crippen molar-refractivity contribution in [3.05, 3.63) is 30.3 Å². The molecule has 1 amide bonds. The average molecular weight is 351 g/mol. The maximum Gasteiger partial charge on any atom is 0.243 e. The minimum atomic E-state index is -3.63. The number of carbonyl (C=O) groups excluding carboxylic acids is 1. The highest BCUT2D eigenvalue weighted by Crippen LogP contribution is 2.26. The molecule has 2 fully saturated rings. The van der Waals surface area contributed by atoms with E-state index >= 15 is 0 Å². The molecule has 2 aliphatic rings. The van der Waals surface area contributed by atoms with Gasteiger partial charge in [0.1, 0.15) is 6.04 Å². The van der Waals surface area contributed by atoms with Gasteiger partial charge < -0.3 is 9.80 Å². The zero-order valence-electron chi connectivity index (χ0n) is 14.1. The monoisotopic (exact) mass is 351 g/mol. The zero-order chi connectivity index (χ0) is 17.2. The van der Waals surface area contributed by atoms with Crippen LogP contribution in [-0.2, 0) is 14.8 Å². The second-order valence-corrected chi connectivity index (χ2v) is 8.46. The molecule has 7 heteroatoms. The van der Waals surface area contributed by atoms with Crippen LogP contribution >= 0.6 is 0 Å². The number of likely N-dealkylation sites (N-methyl/N-ethyl adjacent to an activating group) is 1. The summed E-state index contributed by atoms with van der Waals surface area (Å²) >= 11 is 0. The van der Waals surface area contributed by atoms with Crippen molar-refractivity contribution in [3.63, 3.8) is 0 Å². The Morgan fingerprint density at radius 2 is 1.67 bits per heavy atom. The van der Waals surface area contributed by atoms with Crippen molar-refractivity contribution >= 4 is 15.9 Å². The van der Waals surface area contributed by atoms with Crippen molar-refractivity contribution < 1.29 is 13.2 Å². The molecule has 6 nitrogen and oxygen atoms in total. The highest BCUT2D eigenvalue weighted by molar-refractivity contribution is 7.89. The summed E-state index contributed by atoms with van der Waals surface area (Å²) in [6.07, 6.45) is 2.31. The standard InChI is InChI=1S/C17H25N3O3S/c1-18-11-13-19(14-12-18)17(21)16-9-5-6-10-20(16)24(22,23)15-7-3-2-4-8-15/h2-4,7-8,16H,5-6,9-14H2,1H3. The smallest absolute Gasteiger partial charge is 0.243 e. The van der Waals surface area contributed by atoms with E-state index in [-0.39, 0.29) is 10.8 Å². The van der Waals surface area contributed by atoms with E-state index < -0.39 is 16.1 Å². The Kier molecular flexibility index (Phi) is 5.22. The molecule has 1 unspecified atom stereocenters. The Morgan fingerprint density at radius 1 is 1.00 bits per heavy atom. The maximum absolute atomic E-state index is 13.0. The van der Waals surface area contributed by atoms with Crippen LogP contribution in [0.3, 0.4) is 0 Å². The number of carbonyl (C=O) groups is 1. The molecule has 0 aromatic heterocycles. The topological polar surface area (TPSA) is 60.9 Å². The highest BCUT2D eigenvalue weighted by Gasteiger charge is 2.39. The molecular formula is C17H25N3O3S. The largest absolute Gasteiger partial charge is 0.339 e. The zero-order valence-corrected chi connectivity index (χ0v) is 14.9. The van der Waals surface area contributed by atoms with Crippen LogP contribution in [0.4, 0.5) is 0 Å². The Hall–Kier alpha value is -1.44. The summed E-state index contributed by atoms with van der Waals surface area (Å²) in [6, 6.07) is 7.86. The van der Waals surface area contributed by atoms with Gasteiger partial charge in [-0.1, -0.05) is 24.6 Å². The third kappa shape index (κ3) is 3.48. The summed E-state index contributed by atoms with van der Waals surface area (Å²) in [5.41, 5.74) is 0. The number of nitrogens with zero attached hydrogens (tertiary/aromatic N) is 3. The molecule has 1 aromatic carbocycles. The van der Waals surface area contributed by atoms with Crippen molar-refractivity contribution in [2.45, 2.75) is 30.2 Å². The third-order valence-electron chi connectivity index (χ3n) is 4.90. The van der Waals surface area contributed by atoms with E-state index in [1.807, 2.05) is 11.9 Å². The number of sulfonamides is 1. The molecule has 0 bridgehead atoms. The first-order valence-electron chi connectivity index (χ1n) is 8.54. The summed E-state index contributed by atoms with van der Waals surface area (Å²) in [5, 5.41) is 0. The fraction of sp³-hybridized carbons (Fsp3) is 0.588. The molecule has 2 saturated heterocycles.